The number of rotatable bonds is 27. The molecule has 0 aromatic heterocycles. The molecule has 0 aromatic rings. The second-order valence-corrected chi connectivity index (χ2v) is 10.6. The van der Waals surface area contributed by atoms with E-state index in [9.17, 15) is 0 Å². The second kappa shape index (κ2) is 28.0. The van der Waals surface area contributed by atoms with E-state index in [0.717, 1.165) is 5.92 Å². The molecular weight excluding hydrogens is 372 g/mol. The van der Waals surface area contributed by atoms with Gasteiger partial charge in [-0.05, 0) is 5.92 Å². The molecule has 0 fully saturated rings. The van der Waals surface area contributed by atoms with Crippen molar-refractivity contribution in [3.63, 3.8) is 0 Å². The van der Waals surface area contributed by atoms with Gasteiger partial charge in [-0.15, -0.1) is 0 Å². The minimum Gasteiger partial charge on any atom is -0.0654 e. The van der Waals surface area contributed by atoms with Crippen LogP contribution in [0, 0.1) is 12.8 Å². The van der Waals surface area contributed by atoms with Gasteiger partial charge in [0.1, 0.15) is 0 Å². The van der Waals surface area contributed by atoms with Crippen LogP contribution in [0.5, 0.6) is 0 Å². The lowest BCUT2D eigenvalue weighted by Crippen LogP contribution is -1.95. The van der Waals surface area contributed by atoms with Crippen LogP contribution in [0.1, 0.15) is 187 Å². The molecule has 0 bridgehead atoms. The zero-order valence-electron chi connectivity index (χ0n) is 22.4. The highest BCUT2D eigenvalue weighted by molar-refractivity contribution is 4.62. The quantitative estimate of drug-likeness (QED) is 0.112. The molecule has 0 aliphatic rings. The van der Waals surface area contributed by atoms with Crippen LogP contribution in [0.3, 0.4) is 0 Å². The maximum absolute atomic E-state index is 4.38. The fourth-order valence-corrected chi connectivity index (χ4v) is 4.87. The van der Waals surface area contributed by atoms with E-state index in [1.165, 1.54) is 173 Å². The monoisotopic (exact) mass is 435 g/mol. The fraction of sp³-hybridized carbons (Fsp3) is 0.968. The summed E-state index contributed by atoms with van der Waals surface area (Å²) in [6.45, 7) is 8.98. The van der Waals surface area contributed by atoms with Gasteiger partial charge in [-0.3, -0.25) is 0 Å². The first kappa shape index (κ1) is 31.0. The molecule has 0 rings (SSSR count). The van der Waals surface area contributed by atoms with Crippen LogP contribution in [0.25, 0.3) is 0 Å². The summed E-state index contributed by atoms with van der Waals surface area (Å²) in [5, 5.41) is 0. The van der Waals surface area contributed by atoms with Crippen molar-refractivity contribution in [1.29, 1.82) is 0 Å². The zero-order chi connectivity index (χ0) is 22.7. The lowest BCUT2D eigenvalue weighted by Gasteiger charge is -2.10. The number of hydrogen-bond donors (Lipinski definition) is 0. The van der Waals surface area contributed by atoms with Gasteiger partial charge >= 0.3 is 0 Å². The smallest absolute Gasteiger partial charge is 0.0414 e. The van der Waals surface area contributed by atoms with Crippen molar-refractivity contribution in [1.82, 2.24) is 0 Å². The summed E-state index contributed by atoms with van der Waals surface area (Å²) in [6, 6.07) is 0. The zero-order valence-corrected chi connectivity index (χ0v) is 22.4. The lowest BCUT2D eigenvalue weighted by molar-refractivity contribution is 0.462. The van der Waals surface area contributed by atoms with Crippen molar-refractivity contribution in [2.45, 2.75) is 187 Å². The molecule has 1 atom stereocenters. The molecule has 1 radical (unpaired) electrons. The first-order chi connectivity index (χ1) is 15.3. The third kappa shape index (κ3) is 28.0. The standard InChI is InChI=1S/C31H63/c1-4-6-8-10-11-12-13-14-15-16-17-18-19-20-21-22-23-24-26-28-30-31(3)29-27-25-9-7-5-2/h31H,3-30H2,1-2H3. The van der Waals surface area contributed by atoms with Gasteiger partial charge < -0.3 is 0 Å². The third-order valence-electron chi connectivity index (χ3n) is 7.18. The molecule has 187 valence electrons. The molecule has 31 heavy (non-hydrogen) atoms. The fourth-order valence-electron chi connectivity index (χ4n) is 4.87. The van der Waals surface area contributed by atoms with Crippen LogP contribution in [0.15, 0.2) is 0 Å². The van der Waals surface area contributed by atoms with Gasteiger partial charge in [0.15, 0.2) is 0 Å². The van der Waals surface area contributed by atoms with Crippen LogP contribution >= 0.6 is 0 Å². The van der Waals surface area contributed by atoms with Crippen molar-refractivity contribution in [2.75, 3.05) is 0 Å². The summed E-state index contributed by atoms with van der Waals surface area (Å²) in [4.78, 5) is 0. The van der Waals surface area contributed by atoms with E-state index >= 15 is 0 Å². The Morgan fingerprint density at radius 1 is 0.323 bits per heavy atom. The number of hydrogen-bond acceptors (Lipinski definition) is 0. The minimum absolute atomic E-state index is 0.720. The van der Waals surface area contributed by atoms with Gasteiger partial charge in [0, 0.05) is 0 Å². The van der Waals surface area contributed by atoms with Gasteiger partial charge in [0.05, 0.1) is 0 Å². The van der Waals surface area contributed by atoms with Crippen molar-refractivity contribution < 1.29 is 0 Å². The highest BCUT2D eigenvalue weighted by Gasteiger charge is 2.02. The molecule has 0 nitrogen and oxygen atoms in total. The van der Waals surface area contributed by atoms with E-state index in [2.05, 4.69) is 20.8 Å². The molecule has 0 amide bonds. The minimum atomic E-state index is 0.720. The molecule has 0 N–H and O–H groups in total. The normalized spacial score (nSPS) is 12.5. The summed E-state index contributed by atoms with van der Waals surface area (Å²) in [5.74, 6) is 0.720. The maximum atomic E-state index is 4.38. The summed E-state index contributed by atoms with van der Waals surface area (Å²) in [7, 11) is 0. The van der Waals surface area contributed by atoms with E-state index in [1.54, 1.807) is 0 Å². The van der Waals surface area contributed by atoms with E-state index in [0.29, 0.717) is 0 Å². The van der Waals surface area contributed by atoms with Gasteiger partial charge in [-0.2, -0.15) is 0 Å². The van der Waals surface area contributed by atoms with Gasteiger partial charge in [-0.25, -0.2) is 0 Å². The summed E-state index contributed by atoms with van der Waals surface area (Å²) in [5.41, 5.74) is 0. The Morgan fingerprint density at radius 2 is 0.516 bits per heavy atom. The Morgan fingerprint density at radius 3 is 0.742 bits per heavy atom. The summed E-state index contributed by atoms with van der Waals surface area (Å²) < 4.78 is 0. The van der Waals surface area contributed by atoms with Crippen molar-refractivity contribution >= 4 is 0 Å². The molecule has 0 saturated carbocycles. The van der Waals surface area contributed by atoms with Crippen molar-refractivity contribution in [2.24, 2.45) is 5.92 Å². The Hall–Kier alpha value is 0. The molecule has 0 aromatic carbocycles. The van der Waals surface area contributed by atoms with Crippen molar-refractivity contribution in [3.8, 4) is 0 Å². The predicted octanol–water partition coefficient (Wildman–Crippen LogP) is 12.0. The topological polar surface area (TPSA) is 0 Å². The van der Waals surface area contributed by atoms with E-state index in [1.807, 2.05) is 0 Å². The molecule has 0 aliphatic carbocycles. The van der Waals surface area contributed by atoms with Gasteiger partial charge in [-0.1, -0.05) is 194 Å². The maximum Gasteiger partial charge on any atom is -0.0414 e. The third-order valence-corrected chi connectivity index (χ3v) is 7.18. The van der Waals surface area contributed by atoms with Crippen LogP contribution in [-0.2, 0) is 0 Å². The van der Waals surface area contributed by atoms with Crippen LogP contribution in [0.4, 0.5) is 0 Å². The molecule has 0 heterocycles. The van der Waals surface area contributed by atoms with Crippen LogP contribution < -0.4 is 0 Å². The average Bonchev–Trinajstić information content (AvgIpc) is 2.77. The average molecular weight is 436 g/mol. The van der Waals surface area contributed by atoms with E-state index < -0.39 is 0 Å². The summed E-state index contributed by atoms with van der Waals surface area (Å²) in [6.07, 6.45) is 39.1. The van der Waals surface area contributed by atoms with E-state index in [4.69, 9.17) is 0 Å². The first-order valence-corrected chi connectivity index (χ1v) is 15.1. The Bertz CT molecular complexity index is 294. The Kier molecular flexibility index (Phi) is 28.0. The Labute approximate surface area is 200 Å². The molecular formula is C31H63. The van der Waals surface area contributed by atoms with E-state index in [-0.39, 0.29) is 0 Å². The van der Waals surface area contributed by atoms with Crippen LogP contribution in [0.2, 0.25) is 0 Å². The molecule has 0 heteroatoms. The highest BCUT2D eigenvalue weighted by Crippen LogP contribution is 2.19. The van der Waals surface area contributed by atoms with Crippen molar-refractivity contribution in [3.05, 3.63) is 6.92 Å². The Balaban J connectivity index is 3.07. The second-order valence-electron chi connectivity index (χ2n) is 10.6. The lowest BCUT2D eigenvalue weighted by atomic mass is 9.96. The SMILES string of the molecule is [CH2]C(CCCCCCC)CCCCCCCCCCCCCCCCCCCCCC. The molecule has 1 unspecified atom stereocenters. The number of unbranched alkanes of at least 4 members (excludes halogenated alkanes) is 23. The largest absolute Gasteiger partial charge is 0.0654 e. The first-order valence-electron chi connectivity index (χ1n) is 15.1. The van der Waals surface area contributed by atoms with Crippen LogP contribution in [-0.4, -0.2) is 0 Å². The molecule has 0 aliphatic heterocycles. The predicted molar refractivity (Wildman–Crippen MR) is 145 cm³/mol. The summed E-state index contributed by atoms with van der Waals surface area (Å²) >= 11 is 0. The van der Waals surface area contributed by atoms with Gasteiger partial charge in [0.25, 0.3) is 0 Å². The van der Waals surface area contributed by atoms with Gasteiger partial charge in [0.2, 0.25) is 0 Å². The molecule has 0 spiro atoms. The highest BCUT2D eigenvalue weighted by atomic mass is 14.1. The molecule has 0 saturated heterocycles.